The summed E-state index contributed by atoms with van der Waals surface area (Å²) in [5.74, 6) is 0. The Balaban J connectivity index is 1.92. The van der Waals surface area contributed by atoms with Crippen molar-refractivity contribution in [2.24, 2.45) is 0 Å². The lowest BCUT2D eigenvalue weighted by Gasteiger charge is -2.11. The minimum Gasteiger partial charge on any atom is -0.313 e. The predicted molar refractivity (Wildman–Crippen MR) is 69.1 cm³/mol. The Kier molecular flexibility index (Phi) is 2.68. The van der Waals surface area contributed by atoms with E-state index in [4.69, 9.17) is 0 Å². The fourth-order valence-electron chi connectivity index (χ4n) is 2.18. The molecule has 0 amide bonds. The van der Waals surface area contributed by atoms with Crippen LogP contribution in [-0.2, 0) is 12.0 Å². The molecule has 1 heterocycles. The second-order valence-electron chi connectivity index (χ2n) is 4.48. The van der Waals surface area contributed by atoms with E-state index in [0.29, 0.717) is 0 Å². The van der Waals surface area contributed by atoms with Gasteiger partial charge in [-0.25, -0.2) is 0 Å². The second kappa shape index (κ2) is 4.20. The molecule has 1 aromatic carbocycles. The third-order valence-electron chi connectivity index (χ3n) is 3.28. The number of hydrogen-bond acceptors (Lipinski definition) is 4. The van der Waals surface area contributed by atoms with E-state index in [1.54, 1.807) is 11.3 Å². The van der Waals surface area contributed by atoms with Gasteiger partial charge >= 0.3 is 0 Å². The Morgan fingerprint density at radius 2 is 2.00 bits per heavy atom. The first kappa shape index (κ1) is 10.9. The van der Waals surface area contributed by atoms with Gasteiger partial charge in [-0.2, -0.15) is 0 Å². The van der Waals surface area contributed by atoms with Gasteiger partial charge in [-0.05, 0) is 25.5 Å². The molecule has 1 fully saturated rings. The summed E-state index contributed by atoms with van der Waals surface area (Å²) in [5.41, 5.74) is 1.55. The molecule has 17 heavy (non-hydrogen) atoms. The Morgan fingerprint density at radius 3 is 2.65 bits per heavy atom. The Bertz CT molecular complexity index is 502. The highest BCUT2D eigenvalue weighted by Gasteiger charge is 2.48. The highest BCUT2D eigenvalue weighted by Crippen LogP contribution is 2.54. The zero-order valence-corrected chi connectivity index (χ0v) is 10.6. The van der Waals surface area contributed by atoms with Crippen LogP contribution < -0.4 is 5.32 Å². The average molecular weight is 245 g/mol. The predicted octanol–water partition coefficient (Wildman–Crippen LogP) is 2.34. The van der Waals surface area contributed by atoms with Crippen molar-refractivity contribution < 1.29 is 0 Å². The van der Waals surface area contributed by atoms with E-state index < -0.39 is 0 Å². The molecule has 3 rings (SSSR count). The van der Waals surface area contributed by atoms with Crippen LogP contribution in [0, 0.1) is 0 Å². The summed E-state index contributed by atoms with van der Waals surface area (Å²) in [4.78, 5) is 0. The lowest BCUT2D eigenvalue weighted by atomic mass is 9.97. The molecular formula is C13H15N3S. The highest BCUT2D eigenvalue weighted by molar-refractivity contribution is 7.11. The molecule has 1 aliphatic carbocycles. The molecule has 0 saturated heterocycles. The molecule has 0 unspecified atom stereocenters. The van der Waals surface area contributed by atoms with Gasteiger partial charge in [0.15, 0.2) is 0 Å². The topological polar surface area (TPSA) is 37.8 Å². The zero-order valence-electron chi connectivity index (χ0n) is 9.81. The van der Waals surface area contributed by atoms with Crippen molar-refractivity contribution in [3.8, 4) is 0 Å². The Hall–Kier alpha value is -1.26. The lowest BCUT2D eigenvalue weighted by Crippen LogP contribution is -2.07. The van der Waals surface area contributed by atoms with Gasteiger partial charge in [-0.3, -0.25) is 0 Å². The van der Waals surface area contributed by atoms with Crippen LogP contribution in [0.15, 0.2) is 30.3 Å². The maximum atomic E-state index is 4.37. The highest BCUT2D eigenvalue weighted by atomic mass is 32.1. The quantitative estimate of drug-likeness (QED) is 0.898. The normalized spacial score (nSPS) is 17.0. The van der Waals surface area contributed by atoms with Crippen LogP contribution >= 0.6 is 11.3 Å². The number of aromatic nitrogens is 2. The first-order chi connectivity index (χ1) is 8.35. The van der Waals surface area contributed by atoms with Crippen LogP contribution in [0.2, 0.25) is 0 Å². The van der Waals surface area contributed by atoms with Crippen molar-refractivity contribution in [1.82, 2.24) is 15.5 Å². The van der Waals surface area contributed by atoms with Crippen molar-refractivity contribution in [3.05, 3.63) is 45.9 Å². The van der Waals surface area contributed by atoms with E-state index >= 15 is 0 Å². The standard InChI is InChI=1S/C13H15N3S/c1-14-9-11-15-16-12(17-11)13(7-8-13)10-5-3-2-4-6-10/h2-6,14H,7-9H2,1H3. The van der Waals surface area contributed by atoms with Crippen molar-refractivity contribution >= 4 is 11.3 Å². The van der Waals surface area contributed by atoms with Gasteiger partial charge in [0.05, 0.1) is 0 Å². The van der Waals surface area contributed by atoms with Crippen LogP contribution in [0.25, 0.3) is 0 Å². The van der Waals surface area contributed by atoms with Gasteiger partial charge in [0.2, 0.25) is 0 Å². The third kappa shape index (κ3) is 1.87. The van der Waals surface area contributed by atoms with E-state index in [9.17, 15) is 0 Å². The van der Waals surface area contributed by atoms with Gasteiger partial charge in [0.1, 0.15) is 10.0 Å². The van der Waals surface area contributed by atoms with E-state index in [1.807, 2.05) is 7.05 Å². The molecule has 4 heteroatoms. The van der Waals surface area contributed by atoms with Crippen LogP contribution in [0.1, 0.15) is 28.4 Å². The van der Waals surface area contributed by atoms with Gasteiger partial charge in [-0.1, -0.05) is 41.7 Å². The molecule has 0 spiro atoms. The smallest absolute Gasteiger partial charge is 0.131 e. The Labute approximate surface area is 105 Å². The minimum absolute atomic E-state index is 0.172. The van der Waals surface area contributed by atoms with Gasteiger partial charge in [0.25, 0.3) is 0 Å². The molecular weight excluding hydrogens is 230 g/mol. The van der Waals surface area contributed by atoms with Crippen LogP contribution in [0.5, 0.6) is 0 Å². The van der Waals surface area contributed by atoms with Crippen LogP contribution in [0.4, 0.5) is 0 Å². The molecule has 0 radical (unpaired) electrons. The van der Waals surface area contributed by atoms with Crippen LogP contribution in [-0.4, -0.2) is 17.2 Å². The van der Waals surface area contributed by atoms with E-state index in [2.05, 4.69) is 45.8 Å². The van der Waals surface area contributed by atoms with Crippen molar-refractivity contribution in [2.45, 2.75) is 24.8 Å². The third-order valence-corrected chi connectivity index (χ3v) is 4.41. The first-order valence-electron chi connectivity index (χ1n) is 5.88. The summed E-state index contributed by atoms with van der Waals surface area (Å²) in [5, 5.41) is 14.0. The SMILES string of the molecule is CNCc1nnc(C2(c3ccccc3)CC2)s1. The number of hydrogen-bond donors (Lipinski definition) is 1. The zero-order chi connectivity index (χ0) is 11.7. The summed E-state index contributed by atoms with van der Waals surface area (Å²) < 4.78 is 0. The molecule has 1 N–H and O–H groups in total. The molecule has 0 aliphatic heterocycles. The first-order valence-corrected chi connectivity index (χ1v) is 6.70. The fraction of sp³-hybridized carbons (Fsp3) is 0.385. The van der Waals surface area contributed by atoms with E-state index in [-0.39, 0.29) is 5.41 Å². The minimum atomic E-state index is 0.172. The molecule has 3 nitrogen and oxygen atoms in total. The molecule has 2 aromatic rings. The maximum Gasteiger partial charge on any atom is 0.131 e. The van der Waals surface area contributed by atoms with Crippen LogP contribution in [0.3, 0.4) is 0 Å². The molecule has 0 bridgehead atoms. The number of nitrogens with zero attached hydrogens (tertiary/aromatic N) is 2. The summed E-state index contributed by atoms with van der Waals surface area (Å²) >= 11 is 1.74. The molecule has 1 saturated carbocycles. The molecule has 0 atom stereocenters. The van der Waals surface area contributed by atoms with Crippen molar-refractivity contribution in [1.29, 1.82) is 0 Å². The Morgan fingerprint density at radius 1 is 1.24 bits per heavy atom. The monoisotopic (exact) mass is 245 g/mol. The number of rotatable bonds is 4. The van der Waals surface area contributed by atoms with Crippen molar-refractivity contribution in [3.63, 3.8) is 0 Å². The molecule has 1 aromatic heterocycles. The lowest BCUT2D eigenvalue weighted by molar-refractivity contribution is 0.772. The van der Waals surface area contributed by atoms with Gasteiger partial charge < -0.3 is 5.32 Å². The summed E-state index contributed by atoms with van der Waals surface area (Å²) in [6.07, 6.45) is 2.40. The fourth-order valence-corrected chi connectivity index (χ4v) is 3.30. The van der Waals surface area contributed by atoms with Crippen molar-refractivity contribution in [2.75, 3.05) is 7.05 Å². The summed E-state index contributed by atoms with van der Waals surface area (Å²) in [6, 6.07) is 10.7. The largest absolute Gasteiger partial charge is 0.313 e. The van der Waals surface area contributed by atoms with E-state index in [1.165, 1.54) is 23.4 Å². The number of benzene rings is 1. The summed E-state index contributed by atoms with van der Waals surface area (Å²) in [6.45, 7) is 0.808. The van der Waals surface area contributed by atoms with E-state index in [0.717, 1.165) is 11.6 Å². The van der Waals surface area contributed by atoms with Gasteiger partial charge in [0, 0.05) is 12.0 Å². The second-order valence-corrected chi connectivity index (χ2v) is 5.54. The molecule has 1 aliphatic rings. The molecule has 88 valence electrons. The summed E-state index contributed by atoms with van der Waals surface area (Å²) in [7, 11) is 1.94. The number of nitrogens with one attached hydrogen (secondary N) is 1. The van der Waals surface area contributed by atoms with Gasteiger partial charge in [-0.15, -0.1) is 10.2 Å². The average Bonchev–Trinajstić information content (AvgIpc) is 3.06. The maximum absolute atomic E-state index is 4.37.